The van der Waals surface area contributed by atoms with Crippen LogP contribution in [0, 0.1) is 5.82 Å². The molecule has 1 aromatic carbocycles. The van der Waals surface area contributed by atoms with E-state index < -0.39 is 0 Å². The molecule has 1 saturated heterocycles. The van der Waals surface area contributed by atoms with Gasteiger partial charge in [0.15, 0.2) is 0 Å². The summed E-state index contributed by atoms with van der Waals surface area (Å²) in [7, 11) is 0. The van der Waals surface area contributed by atoms with Crippen LogP contribution < -0.4 is 5.32 Å². The number of aromatic amines is 1. The second-order valence-corrected chi connectivity index (χ2v) is 8.24. The Morgan fingerprint density at radius 3 is 2.92 bits per heavy atom. The van der Waals surface area contributed by atoms with E-state index in [2.05, 4.69) is 36.1 Å². The number of H-pyrrole nitrogens is 1. The van der Waals surface area contributed by atoms with Gasteiger partial charge in [0.2, 0.25) is 0 Å². The lowest BCUT2D eigenvalue weighted by Gasteiger charge is -2.48. The second kappa shape index (κ2) is 5.07. The number of hydrogen-bond acceptors (Lipinski definition) is 3. The highest BCUT2D eigenvalue weighted by atomic mass is 19.1. The van der Waals surface area contributed by atoms with E-state index in [1.54, 1.807) is 12.3 Å². The fraction of sp³-hybridized carbons (Fsp3) is 0.381. The van der Waals surface area contributed by atoms with Crippen molar-refractivity contribution in [2.24, 2.45) is 0 Å². The number of aromatic nitrogens is 2. The molecule has 2 N–H and O–H groups in total. The Bertz CT molecular complexity index is 1030. The number of halogens is 1. The highest BCUT2D eigenvalue weighted by Crippen LogP contribution is 2.51. The zero-order chi connectivity index (χ0) is 18.1. The molecular weight excluding hydrogens is 329 g/mol. The van der Waals surface area contributed by atoms with Gasteiger partial charge in [0.1, 0.15) is 5.82 Å². The standard InChI is InChI=1S/C21H22FN3O/c1-20(2)19-21(3,6-9-26-19)14-10-13(15(22)11-17(14)25-20)18-12-4-7-23-16(12)5-8-24-18/h4-5,7-8,10-11,19,23,25H,6,9H2,1-3H3. The molecule has 26 heavy (non-hydrogen) atoms. The molecule has 4 nitrogen and oxygen atoms in total. The lowest BCUT2D eigenvalue weighted by Crippen LogP contribution is -2.56. The van der Waals surface area contributed by atoms with Gasteiger partial charge in [0.05, 0.1) is 17.3 Å². The number of anilines is 1. The second-order valence-electron chi connectivity index (χ2n) is 8.24. The van der Waals surface area contributed by atoms with Gasteiger partial charge < -0.3 is 15.0 Å². The number of fused-ring (bicyclic) bond motifs is 4. The van der Waals surface area contributed by atoms with E-state index in [0.717, 1.165) is 35.2 Å². The van der Waals surface area contributed by atoms with E-state index in [9.17, 15) is 0 Å². The number of hydrogen-bond donors (Lipinski definition) is 2. The summed E-state index contributed by atoms with van der Waals surface area (Å²) in [4.78, 5) is 7.66. The average Bonchev–Trinajstić information content (AvgIpc) is 3.21. The first-order valence-corrected chi connectivity index (χ1v) is 9.06. The molecule has 0 radical (unpaired) electrons. The molecule has 0 bridgehead atoms. The van der Waals surface area contributed by atoms with Crippen LogP contribution in [0.1, 0.15) is 32.8 Å². The molecule has 5 rings (SSSR count). The Labute approximate surface area is 151 Å². The monoisotopic (exact) mass is 351 g/mol. The maximum atomic E-state index is 15.1. The molecule has 3 aromatic rings. The average molecular weight is 351 g/mol. The summed E-state index contributed by atoms with van der Waals surface area (Å²) < 4.78 is 21.2. The van der Waals surface area contributed by atoms with Gasteiger partial charge in [-0.05, 0) is 50.1 Å². The molecular formula is C21H22FN3O. The third-order valence-electron chi connectivity index (χ3n) is 6.05. The molecule has 4 heterocycles. The van der Waals surface area contributed by atoms with Gasteiger partial charge in [0, 0.05) is 46.6 Å². The molecule has 5 heteroatoms. The van der Waals surface area contributed by atoms with E-state index in [1.807, 2.05) is 24.4 Å². The molecule has 2 unspecified atom stereocenters. The minimum Gasteiger partial charge on any atom is -0.377 e. The highest BCUT2D eigenvalue weighted by Gasteiger charge is 2.53. The topological polar surface area (TPSA) is 49.9 Å². The van der Waals surface area contributed by atoms with Crippen LogP contribution in [0.4, 0.5) is 10.1 Å². The van der Waals surface area contributed by atoms with Gasteiger partial charge in [-0.3, -0.25) is 4.98 Å². The molecule has 0 amide bonds. The van der Waals surface area contributed by atoms with Crippen molar-refractivity contribution in [1.29, 1.82) is 0 Å². The number of pyridine rings is 1. The van der Waals surface area contributed by atoms with Gasteiger partial charge in [-0.2, -0.15) is 0 Å². The third kappa shape index (κ3) is 2.01. The summed E-state index contributed by atoms with van der Waals surface area (Å²) in [5, 5.41) is 4.42. The Balaban J connectivity index is 1.76. The number of nitrogens with zero attached hydrogens (tertiary/aromatic N) is 1. The number of nitrogens with one attached hydrogen (secondary N) is 2. The largest absolute Gasteiger partial charge is 0.377 e. The molecule has 1 fully saturated rings. The molecule has 2 aliphatic heterocycles. The first-order valence-electron chi connectivity index (χ1n) is 9.06. The van der Waals surface area contributed by atoms with Crippen LogP contribution in [0.5, 0.6) is 0 Å². The number of rotatable bonds is 1. The fourth-order valence-electron chi connectivity index (χ4n) is 4.92. The summed E-state index contributed by atoms with van der Waals surface area (Å²) in [6, 6.07) is 7.45. The van der Waals surface area contributed by atoms with Crippen LogP contribution >= 0.6 is 0 Å². The van der Waals surface area contributed by atoms with Crippen LogP contribution in [0.2, 0.25) is 0 Å². The minimum atomic E-state index is -0.255. The van der Waals surface area contributed by atoms with Crippen molar-refractivity contribution in [2.45, 2.75) is 44.2 Å². The van der Waals surface area contributed by atoms with E-state index in [1.165, 1.54) is 0 Å². The van der Waals surface area contributed by atoms with Crippen LogP contribution in [-0.4, -0.2) is 28.2 Å². The number of ether oxygens (including phenoxy) is 1. The third-order valence-corrected chi connectivity index (χ3v) is 6.05. The highest BCUT2D eigenvalue weighted by molar-refractivity contribution is 5.93. The zero-order valence-electron chi connectivity index (χ0n) is 15.2. The van der Waals surface area contributed by atoms with Gasteiger partial charge >= 0.3 is 0 Å². The van der Waals surface area contributed by atoms with Crippen molar-refractivity contribution in [3.8, 4) is 11.3 Å². The molecule has 2 atom stereocenters. The Morgan fingerprint density at radius 1 is 1.23 bits per heavy atom. The van der Waals surface area contributed by atoms with Gasteiger partial charge in [-0.15, -0.1) is 0 Å². The summed E-state index contributed by atoms with van der Waals surface area (Å²) in [5.41, 5.74) is 3.77. The lowest BCUT2D eigenvalue weighted by molar-refractivity contribution is 0.0352. The van der Waals surface area contributed by atoms with E-state index in [4.69, 9.17) is 4.74 Å². The maximum absolute atomic E-state index is 15.1. The summed E-state index contributed by atoms with van der Waals surface area (Å²) in [6.07, 6.45) is 4.57. The van der Waals surface area contributed by atoms with Crippen molar-refractivity contribution in [1.82, 2.24) is 9.97 Å². The van der Waals surface area contributed by atoms with Crippen LogP contribution in [0.3, 0.4) is 0 Å². The molecule has 134 valence electrons. The predicted octanol–water partition coefficient (Wildman–Crippen LogP) is 4.62. The molecule has 2 aliphatic rings. The molecule has 0 aliphatic carbocycles. The molecule has 0 saturated carbocycles. The van der Waals surface area contributed by atoms with E-state index >= 15 is 4.39 Å². The summed E-state index contributed by atoms with van der Waals surface area (Å²) in [5.74, 6) is -0.255. The van der Waals surface area contributed by atoms with Gasteiger partial charge in [-0.1, -0.05) is 6.92 Å². The van der Waals surface area contributed by atoms with Crippen molar-refractivity contribution >= 4 is 16.6 Å². The lowest BCUT2D eigenvalue weighted by atomic mass is 9.67. The zero-order valence-corrected chi connectivity index (χ0v) is 15.2. The van der Waals surface area contributed by atoms with E-state index in [0.29, 0.717) is 11.3 Å². The first-order chi connectivity index (χ1) is 12.4. The quantitative estimate of drug-likeness (QED) is 0.673. The Kier molecular flexibility index (Phi) is 3.09. The van der Waals surface area contributed by atoms with E-state index in [-0.39, 0.29) is 22.9 Å². The Morgan fingerprint density at radius 2 is 2.08 bits per heavy atom. The predicted molar refractivity (Wildman–Crippen MR) is 101 cm³/mol. The number of benzene rings is 1. The minimum absolute atomic E-state index is 0.0526. The smallest absolute Gasteiger partial charge is 0.134 e. The normalized spacial score (nSPS) is 26.4. The van der Waals surface area contributed by atoms with Crippen molar-refractivity contribution < 1.29 is 9.13 Å². The van der Waals surface area contributed by atoms with Crippen LogP contribution in [0.15, 0.2) is 36.7 Å². The van der Waals surface area contributed by atoms with Crippen molar-refractivity contribution in [2.75, 3.05) is 11.9 Å². The van der Waals surface area contributed by atoms with Crippen LogP contribution in [0.25, 0.3) is 22.2 Å². The SMILES string of the molecule is CC1(C)Nc2cc(F)c(-c3nccc4[nH]ccc34)cc2C2(C)CCOC12. The maximum Gasteiger partial charge on any atom is 0.134 e. The fourth-order valence-corrected chi connectivity index (χ4v) is 4.92. The van der Waals surface area contributed by atoms with Crippen molar-refractivity contribution in [3.05, 3.63) is 48.0 Å². The molecule has 2 aromatic heterocycles. The van der Waals surface area contributed by atoms with Gasteiger partial charge in [-0.25, -0.2) is 4.39 Å². The Hall–Kier alpha value is -2.40. The summed E-state index contributed by atoms with van der Waals surface area (Å²) >= 11 is 0. The molecule has 0 spiro atoms. The van der Waals surface area contributed by atoms with Gasteiger partial charge in [0.25, 0.3) is 0 Å². The van der Waals surface area contributed by atoms with Crippen LogP contribution in [-0.2, 0) is 10.2 Å². The summed E-state index contributed by atoms with van der Waals surface area (Å²) in [6.45, 7) is 7.21. The first kappa shape index (κ1) is 15.8. The van der Waals surface area contributed by atoms with Crippen molar-refractivity contribution in [3.63, 3.8) is 0 Å².